The summed E-state index contributed by atoms with van der Waals surface area (Å²) in [5.41, 5.74) is 5.87. The molecule has 2 unspecified atom stereocenters. The number of nitrogens with two attached hydrogens (primary N) is 1. The maximum atomic E-state index is 13.4. The highest BCUT2D eigenvalue weighted by Crippen LogP contribution is 2.28. The molecule has 1 saturated carbocycles. The highest BCUT2D eigenvalue weighted by Gasteiger charge is 2.27. The molecule has 2 N–H and O–H groups in total. The van der Waals surface area contributed by atoms with E-state index in [9.17, 15) is 9.18 Å². The molecule has 1 fully saturated rings. The molecule has 0 aliphatic heterocycles. The van der Waals surface area contributed by atoms with Gasteiger partial charge in [-0.05, 0) is 30.9 Å². The van der Waals surface area contributed by atoms with Crippen LogP contribution < -0.4 is 5.73 Å². The van der Waals surface area contributed by atoms with Crippen LogP contribution >= 0.6 is 0 Å². The third kappa shape index (κ3) is 2.88. The molecule has 1 amide bonds. The van der Waals surface area contributed by atoms with Crippen molar-refractivity contribution in [1.82, 2.24) is 4.90 Å². The second kappa shape index (κ2) is 5.59. The van der Waals surface area contributed by atoms with Gasteiger partial charge in [0.1, 0.15) is 5.82 Å². The number of rotatable bonds is 2. The smallest absolute Gasteiger partial charge is 0.256 e. The number of para-hydroxylation sites is 1. The average molecular weight is 264 g/mol. The largest absolute Gasteiger partial charge is 0.396 e. The average Bonchev–Trinajstić information content (AvgIpc) is 2.40. The van der Waals surface area contributed by atoms with Crippen LogP contribution in [0.2, 0.25) is 0 Å². The third-order valence-corrected chi connectivity index (χ3v) is 4.06. The minimum atomic E-state index is -0.531. The van der Waals surface area contributed by atoms with Crippen LogP contribution in [0.1, 0.15) is 43.0 Å². The lowest BCUT2D eigenvalue weighted by Gasteiger charge is -2.34. The lowest BCUT2D eigenvalue weighted by atomic mass is 9.86. The molecule has 2 atom stereocenters. The number of amides is 1. The van der Waals surface area contributed by atoms with Crippen molar-refractivity contribution >= 4 is 11.6 Å². The van der Waals surface area contributed by atoms with E-state index < -0.39 is 5.82 Å². The molecule has 0 aromatic heterocycles. The standard InChI is InChI=1S/C15H21FN2O/c1-10-5-3-6-11(9-10)18(2)15(19)12-7-4-8-13(16)14(12)17/h4,7-8,10-11H,3,5-6,9,17H2,1-2H3. The zero-order valence-electron chi connectivity index (χ0n) is 11.5. The first kappa shape index (κ1) is 13.8. The van der Waals surface area contributed by atoms with Crippen LogP contribution in [-0.4, -0.2) is 23.9 Å². The Morgan fingerprint density at radius 3 is 2.84 bits per heavy atom. The molecule has 4 heteroatoms. The Balaban J connectivity index is 2.16. The normalized spacial score (nSPS) is 23.1. The summed E-state index contributed by atoms with van der Waals surface area (Å²) in [6.07, 6.45) is 4.39. The third-order valence-electron chi connectivity index (χ3n) is 4.06. The Morgan fingerprint density at radius 2 is 2.16 bits per heavy atom. The van der Waals surface area contributed by atoms with E-state index in [1.54, 1.807) is 18.0 Å². The molecule has 0 radical (unpaired) electrons. The predicted molar refractivity (Wildman–Crippen MR) is 74.3 cm³/mol. The second-order valence-electron chi connectivity index (χ2n) is 5.54. The van der Waals surface area contributed by atoms with E-state index in [1.807, 2.05) is 0 Å². The molecule has 1 aliphatic carbocycles. The van der Waals surface area contributed by atoms with E-state index in [0.717, 1.165) is 19.3 Å². The van der Waals surface area contributed by atoms with Gasteiger partial charge in [0.25, 0.3) is 5.91 Å². The van der Waals surface area contributed by atoms with Gasteiger partial charge in [-0.15, -0.1) is 0 Å². The van der Waals surface area contributed by atoms with Gasteiger partial charge in [0.2, 0.25) is 0 Å². The Hall–Kier alpha value is -1.58. The number of nitrogens with zero attached hydrogens (tertiary/aromatic N) is 1. The number of hydrogen-bond donors (Lipinski definition) is 1. The van der Waals surface area contributed by atoms with Crippen molar-refractivity contribution in [2.45, 2.75) is 38.6 Å². The van der Waals surface area contributed by atoms with Crippen LogP contribution in [0, 0.1) is 11.7 Å². The van der Waals surface area contributed by atoms with E-state index in [-0.39, 0.29) is 23.2 Å². The van der Waals surface area contributed by atoms with Gasteiger partial charge in [-0.2, -0.15) is 0 Å². The van der Waals surface area contributed by atoms with Gasteiger partial charge in [-0.3, -0.25) is 4.79 Å². The van der Waals surface area contributed by atoms with Crippen LogP contribution in [0.4, 0.5) is 10.1 Å². The fraction of sp³-hybridized carbons (Fsp3) is 0.533. The number of halogens is 1. The van der Waals surface area contributed by atoms with Crippen LogP contribution in [0.25, 0.3) is 0 Å². The van der Waals surface area contributed by atoms with Gasteiger partial charge in [0.15, 0.2) is 0 Å². The first-order valence-corrected chi connectivity index (χ1v) is 6.82. The highest BCUT2D eigenvalue weighted by molar-refractivity contribution is 5.99. The minimum absolute atomic E-state index is 0.0526. The SMILES string of the molecule is CC1CCCC(N(C)C(=O)c2cccc(F)c2N)C1. The quantitative estimate of drug-likeness (QED) is 0.834. The first-order valence-electron chi connectivity index (χ1n) is 6.82. The molecule has 104 valence electrons. The maximum Gasteiger partial charge on any atom is 0.256 e. The summed E-state index contributed by atoms with van der Waals surface area (Å²) in [6, 6.07) is 4.62. The van der Waals surface area contributed by atoms with Gasteiger partial charge in [-0.1, -0.05) is 25.8 Å². The van der Waals surface area contributed by atoms with Crippen LogP contribution in [0.5, 0.6) is 0 Å². The summed E-state index contributed by atoms with van der Waals surface area (Å²) in [7, 11) is 1.79. The van der Waals surface area contributed by atoms with Crippen LogP contribution in [0.15, 0.2) is 18.2 Å². The van der Waals surface area contributed by atoms with Crippen molar-refractivity contribution in [2.24, 2.45) is 5.92 Å². The first-order chi connectivity index (χ1) is 9.00. The molecule has 1 aromatic carbocycles. The van der Waals surface area contributed by atoms with Crippen molar-refractivity contribution in [3.05, 3.63) is 29.6 Å². The van der Waals surface area contributed by atoms with Crippen molar-refractivity contribution in [1.29, 1.82) is 0 Å². The topological polar surface area (TPSA) is 46.3 Å². The molecule has 19 heavy (non-hydrogen) atoms. The second-order valence-corrected chi connectivity index (χ2v) is 5.54. The van der Waals surface area contributed by atoms with Crippen molar-refractivity contribution in [2.75, 3.05) is 12.8 Å². The molecule has 0 spiro atoms. The molecule has 0 saturated heterocycles. The van der Waals surface area contributed by atoms with E-state index in [0.29, 0.717) is 5.92 Å². The van der Waals surface area contributed by atoms with Crippen LogP contribution in [0.3, 0.4) is 0 Å². The molecular weight excluding hydrogens is 243 g/mol. The molecular formula is C15H21FN2O. The highest BCUT2D eigenvalue weighted by atomic mass is 19.1. The number of anilines is 1. The zero-order chi connectivity index (χ0) is 14.0. The molecule has 0 bridgehead atoms. The Morgan fingerprint density at radius 1 is 1.42 bits per heavy atom. The van der Waals surface area contributed by atoms with Crippen molar-refractivity contribution < 1.29 is 9.18 Å². The Bertz CT molecular complexity index is 475. The molecule has 0 heterocycles. The van der Waals surface area contributed by atoms with Gasteiger partial charge in [-0.25, -0.2) is 4.39 Å². The molecule has 1 aliphatic rings. The predicted octanol–water partition coefficient (Wildman–Crippen LogP) is 3.06. The van der Waals surface area contributed by atoms with Crippen molar-refractivity contribution in [3.63, 3.8) is 0 Å². The Labute approximate surface area is 113 Å². The van der Waals surface area contributed by atoms with Gasteiger partial charge >= 0.3 is 0 Å². The lowest BCUT2D eigenvalue weighted by molar-refractivity contribution is 0.0673. The molecule has 3 nitrogen and oxygen atoms in total. The number of carbonyl (C=O) groups is 1. The summed E-state index contributed by atoms with van der Waals surface area (Å²) in [5.74, 6) is -0.0776. The molecule has 2 rings (SSSR count). The number of benzene rings is 1. The van der Waals surface area contributed by atoms with Crippen molar-refractivity contribution in [3.8, 4) is 0 Å². The van der Waals surface area contributed by atoms with E-state index in [1.165, 1.54) is 18.6 Å². The zero-order valence-corrected chi connectivity index (χ0v) is 11.5. The summed E-state index contributed by atoms with van der Waals surface area (Å²) < 4.78 is 13.4. The fourth-order valence-electron chi connectivity index (χ4n) is 2.83. The fourth-order valence-corrected chi connectivity index (χ4v) is 2.83. The Kier molecular flexibility index (Phi) is 4.08. The molecule has 1 aromatic rings. The van der Waals surface area contributed by atoms with E-state index >= 15 is 0 Å². The summed E-state index contributed by atoms with van der Waals surface area (Å²) in [5, 5.41) is 0. The number of nitrogen functional groups attached to an aromatic ring is 1. The number of hydrogen-bond acceptors (Lipinski definition) is 2. The summed E-state index contributed by atoms with van der Waals surface area (Å²) in [6.45, 7) is 2.21. The van der Waals surface area contributed by atoms with Crippen LogP contribution in [-0.2, 0) is 0 Å². The lowest BCUT2D eigenvalue weighted by Crippen LogP contribution is -2.40. The summed E-state index contributed by atoms with van der Waals surface area (Å²) >= 11 is 0. The monoisotopic (exact) mass is 264 g/mol. The minimum Gasteiger partial charge on any atom is -0.396 e. The van der Waals surface area contributed by atoms with Gasteiger partial charge in [0, 0.05) is 13.1 Å². The summed E-state index contributed by atoms with van der Waals surface area (Å²) in [4.78, 5) is 14.1. The number of carbonyl (C=O) groups excluding carboxylic acids is 1. The van der Waals surface area contributed by atoms with Gasteiger partial charge in [0.05, 0.1) is 11.3 Å². The van der Waals surface area contributed by atoms with E-state index in [4.69, 9.17) is 5.73 Å². The van der Waals surface area contributed by atoms with Gasteiger partial charge < -0.3 is 10.6 Å². The maximum absolute atomic E-state index is 13.4. The van der Waals surface area contributed by atoms with E-state index in [2.05, 4.69) is 6.92 Å².